The van der Waals surface area contributed by atoms with Gasteiger partial charge in [0, 0.05) is 16.0 Å². The molecule has 0 bridgehead atoms. The van der Waals surface area contributed by atoms with Gasteiger partial charge in [-0.2, -0.15) is 0 Å². The summed E-state index contributed by atoms with van der Waals surface area (Å²) in [6.45, 7) is 9.96. The van der Waals surface area contributed by atoms with Gasteiger partial charge in [0.15, 0.2) is 5.06 Å². The molecule has 0 aliphatic carbocycles. The number of hydrogen-bond donors (Lipinski definition) is 1. The smallest absolute Gasteiger partial charge is 0.399 e. The highest BCUT2D eigenvalue weighted by molar-refractivity contribution is 7.14. The summed E-state index contributed by atoms with van der Waals surface area (Å²) in [4.78, 5) is 12.9. The van der Waals surface area contributed by atoms with Gasteiger partial charge in [0.25, 0.3) is 0 Å². The fourth-order valence-electron chi connectivity index (χ4n) is 1.39. The first-order valence-electron chi connectivity index (χ1n) is 5.97. The molecule has 4 heteroatoms. The molecule has 0 fully saturated rings. The van der Waals surface area contributed by atoms with Gasteiger partial charge >= 0.3 is 6.09 Å². The molecule has 0 aliphatic rings. The van der Waals surface area contributed by atoms with E-state index in [2.05, 4.69) is 25.2 Å². The lowest BCUT2D eigenvalue weighted by atomic mass is 10.1. The van der Waals surface area contributed by atoms with Crippen LogP contribution < -0.4 is 10.1 Å². The first-order valence-corrected chi connectivity index (χ1v) is 6.79. The van der Waals surface area contributed by atoms with Crippen molar-refractivity contribution < 1.29 is 9.53 Å². The third kappa shape index (κ3) is 4.38. The highest BCUT2D eigenvalue weighted by Gasteiger charge is 2.17. The summed E-state index contributed by atoms with van der Waals surface area (Å²) in [5.41, 5.74) is 0.838. The summed E-state index contributed by atoms with van der Waals surface area (Å²) in [6.07, 6.45) is 1.48. The first-order chi connectivity index (χ1) is 7.85. The van der Waals surface area contributed by atoms with Gasteiger partial charge in [-0.25, -0.2) is 4.79 Å². The average molecular weight is 255 g/mol. The van der Waals surface area contributed by atoms with Crippen LogP contribution in [0.3, 0.4) is 0 Å². The number of nitrogens with one attached hydrogen (secondary N) is 1. The van der Waals surface area contributed by atoms with Crippen molar-refractivity contribution in [2.75, 3.05) is 0 Å². The highest BCUT2D eigenvalue weighted by atomic mass is 32.1. The molecule has 0 spiro atoms. The van der Waals surface area contributed by atoms with Gasteiger partial charge < -0.3 is 10.1 Å². The van der Waals surface area contributed by atoms with Crippen LogP contribution in [0.2, 0.25) is 0 Å². The van der Waals surface area contributed by atoms with E-state index in [-0.39, 0.29) is 11.6 Å². The topological polar surface area (TPSA) is 38.3 Å². The number of carbonyl (C=O) groups is 1. The highest BCUT2D eigenvalue weighted by Crippen LogP contribution is 2.31. The van der Waals surface area contributed by atoms with Gasteiger partial charge in [0.1, 0.15) is 0 Å². The van der Waals surface area contributed by atoms with Gasteiger partial charge in [-0.15, -0.1) is 11.3 Å². The second kappa shape index (κ2) is 5.54. The average Bonchev–Trinajstić information content (AvgIpc) is 2.57. The summed E-state index contributed by atoms with van der Waals surface area (Å²) < 4.78 is 5.36. The standard InChI is InChI=1S/C13H21NO2S/c1-6-9-8-10(7-2)17-11(9)16-12(15)14-13(3,4)5/h8H,6-7H2,1-5H3,(H,14,15). The largest absolute Gasteiger partial charge is 0.413 e. The van der Waals surface area contributed by atoms with Gasteiger partial charge in [-0.3, -0.25) is 0 Å². The van der Waals surface area contributed by atoms with E-state index >= 15 is 0 Å². The molecule has 0 saturated heterocycles. The molecule has 1 aromatic heterocycles. The Bertz CT molecular complexity index is 391. The fraction of sp³-hybridized carbons (Fsp3) is 0.615. The molecule has 1 aromatic rings. The Kier molecular flexibility index (Phi) is 4.57. The molecule has 0 aromatic carbocycles. The Morgan fingerprint density at radius 2 is 2.00 bits per heavy atom. The van der Waals surface area contributed by atoms with Crippen molar-refractivity contribution in [1.82, 2.24) is 5.32 Å². The maximum absolute atomic E-state index is 11.7. The number of thiophene rings is 1. The Hall–Kier alpha value is -1.03. The van der Waals surface area contributed by atoms with Crippen LogP contribution in [0.4, 0.5) is 4.79 Å². The zero-order valence-electron chi connectivity index (χ0n) is 11.2. The lowest BCUT2D eigenvalue weighted by Gasteiger charge is -2.19. The zero-order valence-corrected chi connectivity index (χ0v) is 12.0. The second-order valence-corrected chi connectivity index (χ2v) is 6.10. The first kappa shape index (κ1) is 14.0. The van der Waals surface area contributed by atoms with Gasteiger partial charge in [0.05, 0.1) is 0 Å². The fourth-order valence-corrected chi connectivity index (χ4v) is 2.43. The molecular weight excluding hydrogens is 234 g/mol. The third-order valence-corrected chi connectivity index (χ3v) is 3.41. The lowest BCUT2D eigenvalue weighted by molar-refractivity contribution is 0.191. The van der Waals surface area contributed by atoms with Gasteiger partial charge in [0.2, 0.25) is 0 Å². The summed E-state index contributed by atoms with van der Waals surface area (Å²) in [5.74, 6) is 0. The SMILES string of the molecule is CCc1cc(CC)c(OC(=O)NC(C)(C)C)s1. The van der Waals surface area contributed by atoms with E-state index in [4.69, 9.17) is 4.74 Å². The van der Waals surface area contributed by atoms with E-state index in [1.54, 1.807) is 11.3 Å². The summed E-state index contributed by atoms with van der Waals surface area (Å²) in [6, 6.07) is 2.12. The molecule has 0 saturated carbocycles. The Labute approximate surface area is 107 Å². The molecular formula is C13H21NO2S. The molecule has 96 valence electrons. The minimum absolute atomic E-state index is 0.270. The van der Waals surface area contributed by atoms with E-state index in [0.717, 1.165) is 23.5 Å². The molecule has 0 atom stereocenters. The predicted molar refractivity (Wildman–Crippen MR) is 72.0 cm³/mol. The summed E-state index contributed by atoms with van der Waals surface area (Å²) in [5, 5.41) is 3.52. The molecule has 1 rings (SSSR count). The van der Waals surface area contributed by atoms with Crippen molar-refractivity contribution in [1.29, 1.82) is 0 Å². The number of amides is 1. The molecule has 1 amide bonds. The van der Waals surface area contributed by atoms with Crippen LogP contribution in [-0.4, -0.2) is 11.6 Å². The van der Waals surface area contributed by atoms with Crippen molar-refractivity contribution in [2.24, 2.45) is 0 Å². The van der Waals surface area contributed by atoms with Crippen molar-refractivity contribution in [2.45, 2.75) is 53.0 Å². The van der Waals surface area contributed by atoms with E-state index in [0.29, 0.717) is 0 Å². The lowest BCUT2D eigenvalue weighted by Crippen LogP contribution is -2.42. The minimum Gasteiger partial charge on any atom is -0.399 e. The Balaban J connectivity index is 2.73. The van der Waals surface area contributed by atoms with Crippen molar-refractivity contribution in [3.05, 3.63) is 16.5 Å². The van der Waals surface area contributed by atoms with E-state index in [9.17, 15) is 4.79 Å². The molecule has 0 radical (unpaired) electrons. The molecule has 0 aliphatic heterocycles. The number of rotatable bonds is 3. The van der Waals surface area contributed by atoms with Crippen LogP contribution in [0.1, 0.15) is 45.1 Å². The van der Waals surface area contributed by atoms with Crippen LogP contribution >= 0.6 is 11.3 Å². The quantitative estimate of drug-likeness (QED) is 0.893. The predicted octanol–water partition coefficient (Wildman–Crippen LogP) is 3.76. The Morgan fingerprint density at radius 3 is 2.47 bits per heavy atom. The monoisotopic (exact) mass is 255 g/mol. The van der Waals surface area contributed by atoms with Crippen molar-refractivity contribution in [3.63, 3.8) is 0 Å². The molecule has 3 nitrogen and oxygen atoms in total. The van der Waals surface area contributed by atoms with Crippen LogP contribution in [0.15, 0.2) is 6.07 Å². The third-order valence-electron chi connectivity index (χ3n) is 2.21. The second-order valence-electron chi connectivity index (χ2n) is 5.00. The normalized spacial score (nSPS) is 11.4. The van der Waals surface area contributed by atoms with Crippen LogP contribution in [0, 0.1) is 0 Å². The Morgan fingerprint density at radius 1 is 1.35 bits per heavy atom. The van der Waals surface area contributed by atoms with Gasteiger partial charge in [-0.05, 0) is 39.7 Å². The van der Waals surface area contributed by atoms with E-state index in [1.807, 2.05) is 20.8 Å². The maximum atomic E-state index is 11.7. The van der Waals surface area contributed by atoms with E-state index in [1.165, 1.54) is 4.88 Å². The molecule has 17 heavy (non-hydrogen) atoms. The molecule has 1 heterocycles. The van der Waals surface area contributed by atoms with E-state index < -0.39 is 0 Å². The summed E-state index contributed by atoms with van der Waals surface area (Å²) in [7, 11) is 0. The number of aryl methyl sites for hydroxylation is 2. The van der Waals surface area contributed by atoms with Crippen LogP contribution in [0.25, 0.3) is 0 Å². The maximum Gasteiger partial charge on any atom is 0.413 e. The number of hydrogen-bond acceptors (Lipinski definition) is 3. The number of carbonyl (C=O) groups excluding carboxylic acids is 1. The zero-order chi connectivity index (χ0) is 13.1. The van der Waals surface area contributed by atoms with Crippen molar-refractivity contribution >= 4 is 17.4 Å². The molecule has 1 N–H and O–H groups in total. The van der Waals surface area contributed by atoms with Crippen LogP contribution in [-0.2, 0) is 12.8 Å². The molecule has 0 unspecified atom stereocenters. The minimum atomic E-state index is -0.378. The van der Waals surface area contributed by atoms with Crippen molar-refractivity contribution in [3.8, 4) is 5.06 Å². The van der Waals surface area contributed by atoms with Gasteiger partial charge in [-0.1, -0.05) is 13.8 Å². The van der Waals surface area contributed by atoms with Crippen LogP contribution in [0.5, 0.6) is 5.06 Å². The number of ether oxygens (including phenoxy) is 1. The summed E-state index contributed by atoms with van der Waals surface area (Å²) >= 11 is 1.56.